The number of methoxy groups -OCH3 is 1. The highest BCUT2D eigenvalue weighted by molar-refractivity contribution is 7.89. The van der Waals surface area contributed by atoms with E-state index in [4.69, 9.17) is 4.74 Å². The van der Waals surface area contributed by atoms with Gasteiger partial charge in [-0.3, -0.25) is 0 Å². The molecule has 1 fully saturated rings. The molecule has 0 spiro atoms. The second-order valence-corrected chi connectivity index (χ2v) is 7.23. The molecule has 22 heavy (non-hydrogen) atoms. The molecule has 2 rings (SSSR count). The fraction of sp³-hybridized carbons (Fsp3) is 0.600. The van der Waals surface area contributed by atoms with E-state index in [-0.39, 0.29) is 18.4 Å². The molecular formula is C15H25ClN2O3S. The standard InChI is InChI=1S/C15H24N2O3S.ClH/c1-3-9-17(14-7-8-16-11-14)21(18,19)15-6-4-5-13(10-15)12-20-2;/h4-6,10,14,16H,3,7-9,11-12H2,1-2H3;1H. The van der Waals surface area contributed by atoms with Crippen LogP contribution in [0, 0.1) is 0 Å². The summed E-state index contributed by atoms with van der Waals surface area (Å²) in [6.45, 7) is 4.60. The molecule has 1 aliphatic rings. The molecule has 1 unspecified atom stereocenters. The Bertz CT molecular complexity index is 560. The summed E-state index contributed by atoms with van der Waals surface area (Å²) in [5, 5.41) is 3.24. The van der Waals surface area contributed by atoms with Crippen LogP contribution in [-0.4, -0.2) is 45.5 Å². The fourth-order valence-electron chi connectivity index (χ4n) is 2.70. The van der Waals surface area contributed by atoms with Gasteiger partial charge in [-0.25, -0.2) is 8.42 Å². The van der Waals surface area contributed by atoms with Crippen molar-refractivity contribution >= 4 is 22.4 Å². The maximum atomic E-state index is 12.9. The Morgan fingerprint density at radius 3 is 2.77 bits per heavy atom. The largest absolute Gasteiger partial charge is 0.380 e. The fourth-order valence-corrected chi connectivity index (χ4v) is 4.52. The number of benzene rings is 1. The Balaban J connectivity index is 0.00000242. The normalized spacial score (nSPS) is 18.4. The lowest BCUT2D eigenvalue weighted by Gasteiger charge is -2.27. The molecule has 0 aromatic heterocycles. The summed E-state index contributed by atoms with van der Waals surface area (Å²) in [6, 6.07) is 7.09. The molecule has 1 saturated heterocycles. The van der Waals surface area contributed by atoms with Crippen LogP contribution < -0.4 is 5.32 Å². The molecule has 126 valence electrons. The Labute approximate surface area is 139 Å². The molecule has 1 aromatic rings. The number of sulfonamides is 1. The number of nitrogens with one attached hydrogen (secondary N) is 1. The third-order valence-electron chi connectivity index (χ3n) is 3.70. The van der Waals surface area contributed by atoms with E-state index in [9.17, 15) is 8.42 Å². The van der Waals surface area contributed by atoms with Crippen molar-refractivity contribution < 1.29 is 13.2 Å². The molecule has 1 aliphatic heterocycles. The second kappa shape index (κ2) is 8.84. The molecule has 0 saturated carbocycles. The van der Waals surface area contributed by atoms with Gasteiger partial charge in [0.1, 0.15) is 0 Å². The Hall–Kier alpha value is -0.660. The van der Waals surface area contributed by atoms with Crippen molar-refractivity contribution in [1.82, 2.24) is 9.62 Å². The maximum Gasteiger partial charge on any atom is 0.243 e. The van der Waals surface area contributed by atoms with Crippen molar-refractivity contribution in [3.05, 3.63) is 29.8 Å². The Kier molecular flexibility index (Phi) is 7.79. The minimum Gasteiger partial charge on any atom is -0.380 e. The monoisotopic (exact) mass is 348 g/mol. The summed E-state index contributed by atoms with van der Waals surface area (Å²) >= 11 is 0. The molecular weight excluding hydrogens is 324 g/mol. The predicted octanol–water partition coefficient (Wildman–Crippen LogP) is 2.02. The van der Waals surface area contributed by atoms with Gasteiger partial charge >= 0.3 is 0 Å². The minimum absolute atomic E-state index is 0. The number of rotatable bonds is 7. The van der Waals surface area contributed by atoms with E-state index in [0.29, 0.717) is 18.0 Å². The molecule has 1 atom stereocenters. The zero-order chi connectivity index (χ0) is 15.3. The third-order valence-corrected chi connectivity index (χ3v) is 5.65. The SMILES string of the molecule is CCCN(C1CCNC1)S(=O)(=O)c1cccc(COC)c1.Cl. The van der Waals surface area contributed by atoms with Gasteiger partial charge in [-0.05, 0) is 37.1 Å². The van der Waals surface area contributed by atoms with Gasteiger partial charge < -0.3 is 10.1 Å². The average Bonchev–Trinajstić information content (AvgIpc) is 2.99. The van der Waals surface area contributed by atoms with Gasteiger partial charge in [-0.15, -0.1) is 12.4 Å². The second-order valence-electron chi connectivity index (χ2n) is 5.34. The number of ether oxygens (including phenoxy) is 1. The highest BCUT2D eigenvalue weighted by Crippen LogP contribution is 2.22. The quantitative estimate of drug-likeness (QED) is 0.819. The molecule has 7 heteroatoms. The minimum atomic E-state index is -3.45. The lowest BCUT2D eigenvalue weighted by Crippen LogP contribution is -2.42. The van der Waals surface area contributed by atoms with E-state index in [1.807, 2.05) is 13.0 Å². The van der Waals surface area contributed by atoms with Crippen LogP contribution in [-0.2, 0) is 21.4 Å². The summed E-state index contributed by atoms with van der Waals surface area (Å²) < 4.78 is 32.6. The first-order chi connectivity index (χ1) is 10.1. The molecule has 1 N–H and O–H groups in total. The molecule has 5 nitrogen and oxygen atoms in total. The van der Waals surface area contributed by atoms with Gasteiger partial charge in [-0.2, -0.15) is 4.31 Å². The third kappa shape index (κ3) is 4.43. The predicted molar refractivity (Wildman–Crippen MR) is 89.9 cm³/mol. The van der Waals surface area contributed by atoms with E-state index in [2.05, 4.69) is 5.32 Å². The smallest absolute Gasteiger partial charge is 0.243 e. The summed E-state index contributed by atoms with van der Waals surface area (Å²) in [4.78, 5) is 0.359. The Morgan fingerprint density at radius 2 is 2.18 bits per heavy atom. The first-order valence-electron chi connectivity index (χ1n) is 7.40. The van der Waals surface area contributed by atoms with Crippen LogP contribution in [0.25, 0.3) is 0 Å². The van der Waals surface area contributed by atoms with E-state index in [1.54, 1.807) is 29.6 Å². The average molecular weight is 349 g/mol. The number of hydrogen-bond donors (Lipinski definition) is 1. The van der Waals surface area contributed by atoms with Gasteiger partial charge in [0.25, 0.3) is 0 Å². The van der Waals surface area contributed by atoms with Gasteiger partial charge in [0, 0.05) is 26.2 Å². The lowest BCUT2D eigenvalue weighted by molar-refractivity contribution is 0.184. The zero-order valence-electron chi connectivity index (χ0n) is 13.1. The molecule has 0 aliphatic carbocycles. The molecule has 1 heterocycles. The van der Waals surface area contributed by atoms with Crippen molar-refractivity contribution in [2.75, 3.05) is 26.7 Å². The van der Waals surface area contributed by atoms with E-state index in [0.717, 1.165) is 31.5 Å². The van der Waals surface area contributed by atoms with Crippen LogP contribution in [0.2, 0.25) is 0 Å². The summed E-state index contributed by atoms with van der Waals surface area (Å²) in [5.74, 6) is 0. The molecule has 1 aromatic carbocycles. The molecule has 0 bridgehead atoms. The van der Waals surface area contributed by atoms with Crippen molar-refractivity contribution in [3.8, 4) is 0 Å². The van der Waals surface area contributed by atoms with Crippen LogP contribution in [0.4, 0.5) is 0 Å². The zero-order valence-corrected chi connectivity index (χ0v) is 14.8. The van der Waals surface area contributed by atoms with Crippen LogP contribution in [0.5, 0.6) is 0 Å². The maximum absolute atomic E-state index is 12.9. The summed E-state index contributed by atoms with van der Waals surface area (Å²) in [6.07, 6.45) is 1.69. The van der Waals surface area contributed by atoms with Gasteiger partial charge in [0.2, 0.25) is 10.0 Å². The van der Waals surface area contributed by atoms with Gasteiger partial charge in [0.15, 0.2) is 0 Å². The first-order valence-corrected chi connectivity index (χ1v) is 8.84. The number of halogens is 1. The highest BCUT2D eigenvalue weighted by atomic mass is 35.5. The van der Waals surface area contributed by atoms with E-state index < -0.39 is 10.0 Å². The van der Waals surface area contributed by atoms with Crippen LogP contribution in [0.15, 0.2) is 29.2 Å². The lowest BCUT2D eigenvalue weighted by atomic mass is 10.2. The van der Waals surface area contributed by atoms with Crippen LogP contribution >= 0.6 is 12.4 Å². The molecule has 0 amide bonds. The van der Waals surface area contributed by atoms with Gasteiger partial charge in [-0.1, -0.05) is 19.1 Å². The summed E-state index contributed by atoms with van der Waals surface area (Å²) in [7, 11) is -1.84. The van der Waals surface area contributed by atoms with E-state index >= 15 is 0 Å². The van der Waals surface area contributed by atoms with Crippen molar-refractivity contribution in [2.45, 2.75) is 37.3 Å². The van der Waals surface area contributed by atoms with Crippen LogP contribution in [0.3, 0.4) is 0 Å². The van der Waals surface area contributed by atoms with E-state index in [1.165, 1.54) is 0 Å². The van der Waals surface area contributed by atoms with Crippen LogP contribution in [0.1, 0.15) is 25.3 Å². The summed E-state index contributed by atoms with van der Waals surface area (Å²) in [5.41, 5.74) is 0.875. The topological polar surface area (TPSA) is 58.6 Å². The number of nitrogens with zero attached hydrogens (tertiary/aromatic N) is 1. The van der Waals surface area contributed by atoms with Crippen molar-refractivity contribution in [3.63, 3.8) is 0 Å². The van der Waals surface area contributed by atoms with Gasteiger partial charge in [0.05, 0.1) is 11.5 Å². The van der Waals surface area contributed by atoms with Crippen molar-refractivity contribution in [2.24, 2.45) is 0 Å². The molecule has 0 radical (unpaired) electrons. The highest BCUT2D eigenvalue weighted by Gasteiger charge is 2.32. The Morgan fingerprint density at radius 1 is 1.41 bits per heavy atom. The number of hydrogen-bond acceptors (Lipinski definition) is 4. The van der Waals surface area contributed by atoms with Crippen molar-refractivity contribution in [1.29, 1.82) is 0 Å². The first kappa shape index (κ1) is 19.4.